The largest absolute Gasteiger partial charge is 0.345 e. The summed E-state index contributed by atoms with van der Waals surface area (Å²) >= 11 is 5.85. The summed E-state index contributed by atoms with van der Waals surface area (Å²) in [5, 5.41) is 9.44. The van der Waals surface area contributed by atoms with E-state index in [2.05, 4.69) is 16.0 Å². The molecular weight excluding hydrogens is 200 g/mol. The normalized spacial score (nSPS) is 12.8. The molecule has 0 spiro atoms. The Bertz CT molecular complexity index is 324. The summed E-state index contributed by atoms with van der Waals surface area (Å²) in [7, 11) is 0. The second-order valence-electron chi connectivity index (χ2n) is 2.86. The Labute approximate surface area is 88.5 Å². The third-order valence-corrected chi connectivity index (χ3v) is 2.49. The minimum Gasteiger partial charge on any atom is -0.345 e. The molecule has 0 bridgehead atoms. The topological polar surface area (TPSA) is 55.7 Å². The molecule has 1 heterocycles. The van der Waals surface area contributed by atoms with Crippen molar-refractivity contribution in [1.82, 2.24) is 14.9 Å². The van der Waals surface area contributed by atoms with Gasteiger partial charge >= 0.3 is 0 Å². The van der Waals surface area contributed by atoms with Crippen molar-refractivity contribution in [2.45, 2.75) is 19.9 Å². The highest BCUT2D eigenvalue weighted by Crippen LogP contribution is 2.23. The van der Waals surface area contributed by atoms with Crippen LogP contribution in [-0.4, -0.2) is 28.0 Å². The standard InChI is InChI=1S/C9H13ClN4/c1-3-14(4-2)7(5-11)8-9(10)13-6-12-8/h6-7H,3-4H2,1-2H3,(H,12,13). The first-order valence-electron chi connectivity index (χ1n) is 4.57. The molecule has 0 aliphatic rings. The number of hydrogen-bond acceptors (Lipinski definition) is 3. The maximum absolute atomic E-state index is 9.06. The summed E-state index contributed by atoms with van der Waals surface area (Å²) in [4.78, 5) is 8.78. The Morgan fingerprint density at radius 3 is 2.64 bits per heavy atom. The average molecular weight is 213 g/mol. The molecule has 0 saturated carbocycles. The summed E-state index contributed by atoms with van der Waals surface area (Å²) < 4.78 is 0. The summed E-state index contributed by atoms with van der Waals surface area (Å²) in [6, 6.07) is 1.88. The lowest BCUT2D eigenvalue weighted by Gasteiger charge is -2.22. The Hall–Kier alpha value is -1.05. The van der Waals surface area contributed by atoms with Gasteiger partial charge in [-0.15, -0.1) is 0 Å². The van der Waals surface area contributed by atoms with Crippen molar-refractivity contribution in [3.8, 4) is 6.07 Å². The van der Waals surface area contributed by atoms with Gasteiger partial charge in [-0.25, -0.2) is 4.98 Å². The predicted molar refractivity (Wildman–Crippen MR) is 54.9 cm³/mol. The lowest BCUT2D eigenvalue weighted by Crippen LogP contribution is -2.27. The lowest BCUT2D eigenvalue weighted by molar-refractivity contribution is 0.259. The Morgan fingerprint density at radius 1 is 1.64 bits per heavy atom. The van der Waals surface area contributed by atoms with E-state index in [0.29, 0.717) is 10.8 Å². The van der Waals surface area contributed by atoms with Crippen molar-refractivity contribution in [3.05, 3.63) is 17.2 Å². The number of nitrogens with zero attached hydrogens (tertiary/aromatic N) is 3. The summed E-state index contributed by atoms with van der Waals surface area (Å²) in [6.07, 6.45) is 1.51. The number of rotatable bonds is 4. The lowest BCUT2D eigenvalue weighted by atomic mass is 10.2. The molecule has 0 aromatic carbocycles. The van der Waals surface area contributed by atoms with Gasteiger partial charge in [0.2, 0.25) is 0 Å². The molecule has 1 rings (SSSR count). The van der Waals surface area contributed by atoms with Gasteiger partial charge in [0.1, 0.15) is 6.04 Å². The van der Waals surface area contributed by atoms with Gasteiger partial charge in [0, 0.05) is 0 Å². The quantitative estimate of drug-likeness (QED) is 0.830. The van der Waals surface area contributed by atoms with E-state index in [-0.39, 0.29) is 6.04 Å². The van der Waals surface area contributed by atoms with Crippen molar-refractivity contribution >= 4 is 11.6 Å². The van der Waals surface area contributed by atoms with Crippen molar-refractivity contribution in [2.75, 3.05) is 13.1 Å². The smallest absolute Gasteiger partial charge is 0.152 e. The molecule has 76 valence electrons. The van der Waals surface area contributed by atoms with Crippen LogP contribution < -0.4 is 0 Å². The summed E-state index contributed by atoms with van der Waals surface area (Å²) in [5.41, 5.74) is 0.679. The fourth-order valence-electron chi connectivity index (χ4n) is 1.40. The number of hydrogen-bond donors (Lipinski definition) is 1. The molecule has 0 aliphatic carbocycles. The number of aromatic nitrogens is 2. The summed E-state index contributed by atoms with van der Waals surface area (Å²) in [5.74, 6) is 0. The zero-order valence-corrected chi connectivity index (χ0v) is 9.04. The van der Waals surface area contributed by atoms with Gasteiger partial charge in [0.25, 0.3) is 0 Å². The number of aromatic amines is 1. The molecule has 1 aromatic heterocycles. The predicted octanol–water partition coefficient (Wildman–Crippen LogP) is 1.97. The minimum atomic E-state index is -0.333. The van der Waals surface area contributed by atoms with E-state index >= 15 is 0 Å². The van der Waals surface area contributed by atoms with Crippen LogP contribution in [-0.2, 0) is 0 Å². The molecule has 0 saturated heterocycles. The second kappa shape index (κ2) is 4.99. The van der Waals surface area contributed by atoms with Crippen LogP contribution in [0.5, 0.6) is 0 Å². The SMILES string of the molecule is CCN(CC)C(C#N)c1[nH]cnc1Cl. The van der Waals surface area contributed by atoms with Crippen molar-refractivity contribution < 1.29 is 0 Å². The fraction of sp³-hybridized carbons (Fsp3) is 0.556. The van der Waals surface area contributed by atoms with Crippen LogP contribution in [0.15, 0.2) is 6.33 Å². The zero-order chi connectivity index (χ0) is 10.6. The second-order valence-corrected chi connectivity index (χ2v) is 3.22. The highest BCUT2D eigenvalue weighted by Gasteiger charge is 2.21. The van der Waals surface area contributed by atoms with E-state index in [0.717, 1.165) is 13.1 Å². The van der Waals surface area contributed by atoms with E-state index in [1.165, 1.54) is 6.33 Å². The Kier molecular flexibility index (Phi) is 3.93. The zero-order valence-electron chi connectivity index (χ0n) is 8.29. The van der Waals surface area contributed by atoms with Crippen LogP contribution in [0.2, 0.25) is 5.15 Å². The van der Waals surface area contributed by atoms with Crippen LogP contribution >= 0.6 is 11.6 Å². The maximum atomic E-state index is 9.06. The van der Waals surface area contributed by atoms with Crippen LogP contribution in [0.25, 0.3) is 0 Å². The molecule has 0 fully saturated rings. The number of halogens is 1. The molecule has 0 aliphatic heterocycles. The molecule has 1 unspecified atom stereocenters. The Balaban J connectivity index is 2.93. The molecule has 5 heteroatoms. The highest BCUT2D eigenvalue weighted by atomic mass is 35.5. The van der Waals surface area contributed by atoms with Crippen molar-refractivity contribution in [3.63, 3.8) is 0 Å². The molecule has 1 aromatic rings. The number of H-pyrrole nitrogens is 1. The van der Waals surface area contributed by atoms with Gasteiger partial charge in [-0.3, -0.25) is 4.90 Å². The van der Waals surface area contributed by atoms with E-state index in [1.54, 1.807) is 0 Å². The molecule has 1 atom stereocenters. The molecule has 0 radical (unpaired) electrons. The minimum absolute atomic E-state index is 0.333. The molecule has 4 nitrogen and oxygen atoms in total. The van der Waals surface area contributed by atoms with Gasteiger partial charge < -0.3 is 4.98 Å². The Morgan fingerprint density at radius 2 is 2.29 bits per heavy atom. The number of nitrogens with one attached hydrogen (secondary N) is 1. The number of nitriles is 1. The van der Waals surface area contributed by atoms with E-state index in [9.17, 15) is 0 Å². The fourth-order valence-corrected chi connectivity index (χ4v) is 1.60. The maximum Gasteiger partial charge on any atom is 0.152 e. The molecular formula is C9H13ClN4. The molecule has 1 N–H and O–H groups in total. The third-order valence-electron chi connectivity index (χ3n) is 2.19. The summed E-state index contributed by atoms with van der Waals surface area (Å²) in [6.45, 7) is 5.64. The average Bonchev–Trinajstić information content (AvgIpc) is 2.61. The number of imidazole rings is 1. The van der Waals surface area contributed by atoms with Gasteiger partial charge in [0.15, 0.2) is 5.15 Å². The van der Waals surface area contributed by atoms with Crippen LogP contribution in [0.3, 0.4) is 0 Å². The molecule has 14 heavy (non-hydrogen) atoms. The van der Waals surface area contributed by atoms with Gasteiger partial charge in [-0.05, 0) is 13.1 Å². The van der Waals surface area contributed by atoms with Crippen LogP contribution in [0.1, 0.15) is 25.6 Å². The van der Waals surface area contributed by atoms with E-state index in [1.807, 2.05) is 18.7 Å². The van der Waals surface area contributed by atoms with Crippen LogP contribution in [0.4, 0.5) is 0 Å². The van der Waals surface area contributed by atoms with Gasteiger partial charge in [-0.1, -0.05) is 25.4 Å². The molecule has 0 amide bonds. The van der Waals surface area contributed by atoms with Gasteiger partial charge in [-0.2, -0.15) is 5.26 Å². The van der Waals surface area contributed by atoms with Gasteiger partial charge in [0.05, 0.1) is 18.1 Å². The first-order valence-corrected chi connectivity index (χ1v) is 4.94. The van der Waals surface area contributed by atoms with Crippen molar-refractivity contribution in [2.24, 2.45) is 0 Å². The third kappa shape index (κ3) is 2.06. The monoisotopic (exact) mass is 212 g/mol. The first kappa shape index (κ1) is 11.0. The van der Waals surface area contributed by atoms with Crippen LogP contribution in [0, 0.1) is 11.3 Å². The van der Waals surface area contributed by atoms with E-state index < -0.39 is 0 Å². The highest BCUT2D eigenvalue weighted by molar-refractivity contribution is 6.30. The first-order chi connectivity index (χ1) is 6.74. The van der Waals surface area contributed by atoms with Crippen molar-refractivity contribution in [1.29, 1.82) is 5.26 Å². The van der Waals surface area contributed by atoms with E-state index in [4.69, 9.17) is 16.9 Å².